The molecule has 4 aromatic heterocycles. The molecule has 37 heavy (non-hydrogen) atoms. The molecule has 0 aliphatic heterocycles. The van der Waals surface area contributed by atoms with E-state index in [0.29, 0.717) is 23.8 Å². The second-order valence-electron chi connectivity index (χ2n) is 8.65. The van der Waals surface area contributed by atoms with Crippen LogP contribution in [0.4, 0.5) is 23.3 Å². The normalized spacial score (nSPS) is 11.0. The zero-order chi connectivity index (χ0) is 25.9. The molecule has 0 unspecified atom stereocenters. The third kappa shape index (κ3) is 5.20. The van der Waals surface area contributed by atoms with Gasteiger partial charge in [-0.1, -0.05) is 6.07 Å². The lowest BCUT2D eigenvalue weighted by molar-refractivity contribution is -0.116. The van der Waals surface area contributed by atoms with Crippen molar-refractivity contribution in [1.29, 1.82) is 0 Å². The molecule has 11 nitrogen and oxygen atoms in total. The maximum Gasteiger partial charge on any atom is 0.254 e. The highest BCUT2D eigenvalue weighted by Crippen LogP contribution is 2.25. The number of rotatable bonds is 7. The van der Waals surface area contributed by atoms with Crippen molar-refractivity contribution >= 4 is 35.0 Å². The number of nitrogens with two attached hydrogens (primary N) is 1. The van der Waals surface area contributed by atoms with Crippen LogP contribution in [-0.2, 0) is 11.2 Å². The van der Waals surface area contributed by atoms with Crippen molar-refractivity contribution in [2.45, 2.75) is 33.6 Å². The molecule has 0 bridgehead atoms. The molecule has 4 N–H and O–H groups in total. The van der Waals surface area contributed by atoms with Gasteiger partial charge in [-0.25, -0.2) is 15.0 Å². The lowest BCUT2D eigenvalue weighted by Crippen LogP contribution is -2.14. The molecule has 0 saturated carbocycles. The fourth-order valence-corrected chi connectivity index (χ4v) is 4.10. The van der Waals surface area contributed by atoms with Crippen LogP contribution in [0, 0.1) is 20.8 Å². The highest BCUT2D eigenvalue weighted by Gasteiger charge is 2.14. The van der Waals surface area contributed by atoms with Crippen LogP contribution in [0.3, 0.4) is 0 Å². The molecular formula is C26H26N10O. The summed E-state index contributed by atoms with van der Waals surface area (Å²) in [5.41, 5.74) is 12.5. The van der Waals surface area contributed by atoms with Crippen LogP contribution < -0.4 is 16.4 Å². The molecule has 0 atom stereocenters. The number of pyridine rings is 1. The van der Waals surface area contributed by atoms with Crippen LogP contribution in [0.5, 0.6) is 0 Å². The largest absolute Gasteiger partial charge is 0.366 e. The van der Waals surface area contributed by atoms with E-state index in [9.17, 15) is 4.79 Å². The number of carbonyl (C=O) groups is 1. The molecule has 5 rings (SSSR count). The number of nitrogens with one attached hydrogen (secondary N) is 2. The number of carbonyl (C=O) groups excluding carboxylic acids is 1. The summed E-state index contributed by atoms with van der Waals surface area (Å²) in [7, 11) is 0. The van der Waals surface area contributed by atoms with Gasteiger partial charge in [-0.3, -0.25) is 9.78 Å². The predicted octanol–water partition coefficient (Wildman–Crippen LogP) is 3.80. The number of nitrogen functional groups attached to an aromatic ring is 1. The summed E-state index contributed by atoms with van der Waals surface area (Å²) in [5, 5.41) is 10.4. The highest BCUT2D eigenvalue weighted by molar-refractivity contribution is 5.91. The second-order valence-corrected chi connectivity index (χ2v) is 8.65. The number of nitrogens with zero attached hydrogens (tertiary/aromatic N) is 7. The molecule has 1 amide bonds. The van der Waals surface area contributed by atoms with E-state index in [1.807, 2.05) is 57.2 Å². The van der Waals surface area contributed by atoms with Gasteiger partial charge in [0.25, 0.3) is 5.78 Å². The van der Waals surface area contributed by atoms with Gasteiger partial charge in [0.2, 0.25) is 17.8 Å². The van der Waals surface area contributed by atoms with Crippen molar-refractivity contribution in [3.8, 4) is 11.3 Å². The monoisotopic (exact) mass is 494 g/mol. The van der Waals surface area contributed by atoms with Crippen molar-refractivity contribution < 1.29 is 4.79 Å². The third-order valence-electron chi connectivity index (χ3n) is 6.05. The van der Waals surface area contributed by atoms with E-state index in [1.54, 1.807) is 23.1 Å². The minimum atomic E-state index is -0.110. The van der Waals surface area contributed by atoms with E-state index in [2.05, 4.69) is 40.7 Å². The highest BCUT2D eigenvalue weighted by atomic mass is 16.1. The van der Waals surface area contributed by atoms with Crippen LogP contribution in [0.15, 0.2) is 55.0 Å². The minimum Gasteiger partial charge on any atom is -0.366 e. The number of amides is 1. The standard InChI is InChI=1S/C26H26N10O/c1-15-6-7-19(13-22(15)33-25-29-12-10-21(32-25)18-5-4-11-28-14-18)31-23(37)9-8-20-16(2)30-26-34-24(27)35-36(26)17(20)3/h4-7,10-14H,8-9H2,1-3H3,(H2,27,35)(H,31,37)(H,29,32,33). The van der Waals surface area contributed by atoms with Gasteiger partial charge in [-0.05, 0) is 68.7 Å². The topological polar surface area (TPSA) is 149 Å². The summed E-state index contributed by atoms with van der Waals surface area (Å²) < 4.78 is 1.61. The Labute approximate surface area is 213 Å². The van der Waals surface area contributed by atoms with Gasteiger partial charge >= 0.3 is 0 Å². The van der Waals surface area contributed by atoms with Crippen LogP contribution in [0.2, 0.25) is 0 Å². The number of aryl methyl sites for hydroxylation is 3. The Hall–Kier alpha value is -4.93. The molecule has 0 fully saturated rings. The number of hydrogen-bond acceptors (Lipinski definition) is 9. The first-order valence-corrected chi connectivity index (χ1v) is 11.8. The van der Waals surface area contributed by atoms with Gasteiger partial charge < -0.3 is 16.4 Å². The first-order valence-electron chi connectivity index (χ1n) is 11.8. The molecule has 0 aliphatic rings. The summed E-state index contributed by atoms with van der Waals surface area (Å²) in [6, 6.07) is 11.3. The molecule has 0 saturated heterocycles. The molecule has 0 spiro atoms. The third-order valence-corrected chi connectivity index (χ3v) is 6.05. The first-order chi connectivity index (χ1) is 17.9. The molecule has 0 radical (unpaired) electrons. The lowest BCUT2D eigenvalue weighted by atomic mass is 10.1. The number of hydrogen-bond donors (Lipinski definition) is 3. The maximum atomic E-state index is 12.8. The Kier molecular flexibility index (Phi) is 6.42. The molecular weight excluding hydrogens is 468 g/mol. The smallest absolute Gasteiger partial charge is 0.254 e. The molecule has 5 aromatic rings. The van der Waals surface area contributed by atoms with Crippen LogP contribution in [0.25, 0.3) is 17.0 Å². The molecule has 4 heterocycles. The van der Waals surface area contributed by atoms with Gasteiger partial charge in [0.1, 0.15) is 0 Å². The number of benzene rings is 1. The van der Waals surface area contributed by atoms with E-state index < -0.39 is 0 Å². The van der Waals surface area contributed by atoms with Gasteiger partial charge in [0.15, 0.2) is 0 Å². The SMILES string of the molecule is Cc1ccc(NC(=O)CCc2c(C)nc3nc(N)nn3c2C)cc1Nc1nccc(-c2cccnc2)n1. The zero-order valence-electron chi connectivity index (χ0n) is 20.7. The molecule has 0 aliphatic carbocycles. The molecule has 11 heteroatoms. The van der Waals surface area contributed by atoms with Crippen molar-refractivity contribution in [3.05, 3.63) is 77.5 Å². The van der Waals surface area contributed by atoms with Crippen molar-refractivity contribution in [2.75, 3.05) is 16.4 Å². The molecule has 186 valence electrons. The summed E-state index contributed by atoms with van der Waals surface area (Å²) in [5.74, 6) is 0.968. The number of fused-ring (bicyclic) bond motifs is 1. The minimum absolute atomic E-state index is 0.110. The van der Waals surface area contributed by atoms with E-state index in [-0.39, 0.29) is 18.3 Å². The summed E-state index contributed by atoms with van der Waals surface area (Å²) in [4.78, 5) is 34.5. The Balaban J connectivity index is 1.27. The summed E-state index contributed by atoms with van der Waals surface area (Å²) >= 11 is 0. The van der Waals surface area contributed by atoms with Gasteiger partial charge in [-0.15, -0.1) is 5.10 Å². The van der Waals surface area contributed by atoms with Gasteiger partial charge in [0, 0.05) is 53.3 Å². The number of aromatic nitrogens is 7. The van der Waals surface area contributed by atoms with Crippen molar-refractivity contribution in [2.24, 2.45) is 0 Å². The second kappa shape index (κ2) is 9.97. The fourth-order valence-electron chi connectivity index (χ4n) is 4.10. The maximum absolute atomic E-state index is 12.8. The fraction of sp³-hybridized carbons (Fsp3) is 0.192. The Morgan fingerprint density at radius 2 is 1.92 bits per heavy atom. The molecule has 1 aromatic carbocycles. The van der Waals surface area contributed by atoms with E-state index in [0.717, 1.165) is 39.5 Å². The van der Waals surface area contributed by atoms with Crippen LogP contribution in [-0.4, -0.2) is 40.4 Å². The van der Waals surface area contributed by atoms with Crippen molar-refractivity contribution in [1.82, 2.24) is 34.5 Å². The van der Waals surface area contributed by atoms with Gasteiger partial charge in [0.05, 0.1) is 5.69 Å². The summed E-state index contributed by atoms with van der Waals surface area (Å²) in [6.07, 6.45) is 5.97. The van der Waals surface area contributed by atoms with Crippen molar-refractivity contribution in [3.63, 3.8) is 0 Å². The zero-order valence-corrected chi connectivity index (χ0v) is 20.7. The number of anilines is 4. The van der Waals surface area contributed by atoms with Crippen LogP contribution >= 0.6 is 0 Å². The predicted molar refractivity (Wildman–Crippen MR) is 141 cm³/mol. The van der Waals surface area contributed by atoms with E-state index >= 15 is 0 Å². The first kappa shape index (κ1) is 23.8. The van der Waals surface area contributed by atoms with E-state index in [4.69, 9.17) is 5.73 Å². The van der Waals surface area contributed by atoms with Gasteiger partial charge in [-0.2, -0.15) is 9.50 Å². The average molecular weight is 495 g/mol. The lowest BCUT2D eigenvalue weighted by Gasteiger charge is -2.13. The Morgan fingerprint density at radius 1 is 1.05 bits per heavy atom. The summed E-state index contributed by atoms with van der Waals surface area (Å²) in [6.45, 7) is 5.80. The Bertz CT molecular complexity index is 1600. The quantitative estimate of drug-likeness (QED) is 0.307. The van der Waals surface area contributed by atoms with E-state index in [1.165, 1.54) is 0 Å². The van der Waals surface area contributed by atoms with Crippen LogP contribution in [0.1, 0.15) is 28.9 Å². The Morgan fingerprint density at radius 3 is 2.73 bits per heavy atom. The average Bonchev–Trinajstić information content (AvgIpc) is 3.27.